The van der Waals surface area contributed by atoms with E-state index in [0.717, 1.165) is 29.2 Å². The minimum Gasteiger partial charge on any atom is -0.241 e. The van der Waals surface area contributed by atoms with Gasteiger partial charge in [0.05, 0.1) is 11.4 Å². The smallest absolute Gasteiger partial charge is 0.0660 e. The lowest BCUT2D eigenvalue weighted by Gasteiger charge is -2.01. The van der Waals surface area contributed by atoms with Gasteiger partial charge in [-0.1, -0.05) is 31.0 Å². The quantitative estimate of drug-likeness (QED) is 0.775. The van der Waals surface area contributed by atoms with Crippen molar-refractivity contribution in [1.82, 2.24) is 9.78 Å². The molecule has 0 aliphatic heterocycles. The Kier molecular flexibility index (Phi) is 3.07. The fourth-order valence-corrected chi connectivity index (χ4v) is 1.70. The highest BCUT2D eigenvalue weighted by Crippen LogP contribution is 2.14. The summed E-state index contributed by atoms with van der Waals surface area (Å²) < 4.78 is 1.86. The molecule has 0 saturated carbocycles. The van der Waals surface area contributed by atoms with Crippen molar-refractivity contribution in [3.05, 3.63) is 47.2 Å². The van der Waals surface area contributed by atoms with Crippen LogP contribution in [0.1, 0.15) is 19.0 Å². The van der Waals surface area contributed by atoms with Crippen LogP contribution >= 0.6 is 11.6 Å². The molecule has 3 heteroatoms. The van der Waals surface area contributed by atoms with E-state index < -0.39 is 0 Å². The minimum atomic E-state index is 0.736. The van der Waals surface area contributed by atoms with Crippen molar-refractivity contribution >= 4 is 11.6 Å². The maximum Gasteiger partial charge on any atom is 0.0660 e. The van der Waals surface area contributed by atoms with Gasteiger partial charge in [0.1, 0.15) is 0 Å². The van der Waals surface area contributed by atoms with E-state index in [9.17, 15) is 0 Å². The summed E-state index contributed by atoms with van der Waals surface area (Å²) in [5.41, 5.74) is 2.13. The summed E-state index contributed by atoms with van der Waals surface area (Å²) in [6, 6.07) is 9.74. The van der Waals surface area contributed by atoms with Gasteiger partial charge in [0.2, 0.25) is 0 Å². The van der Waals surface area contributed by atoms with Gasteiger partial charge in [0.25, 0.3) is 0 Å². The minimum absolute atomic E-state index is 0.736. The van der Waals surface area contributed by atoms with Crippen LogP contribution in [0.4, 0.5) is 0 Å². The molecule has 0 radical (unpaired) electrons. The topological polar surface area (TPSA) is 17.8 Å². The molecule has 0 unspecified atom stereocenters. The first kappa shape index (κ1) is 10.2. The summed E-state index contributed by atoms with van der Waals surface area (Å²) in [6.45, 7) is 2.15. The number of benzene rings is 1. The molecule has 0 saturated heterocycles. The molecule has 1 aromatic heterocycles. The van der Waals surface area contributed by atoms with Crippen LogP contribution < -0.4 is 0 Å². The molecule has 0 spiro atoms. The Hall–Kier alpha value is -1.28. The van der Waals surface area contributed by atoms with Crippen LogP contribution in [0.5, 0.6) is 0 Å². The molecular formula is C12H13ClN2. The molecule has 1 aromatic carbocycles. The van der Waals surface area contributed by atoms with Crippen molar-refractivity contribution in [2.45, 2.75) is 19.8 Å². The van der Waals surface area contributed by atoms with Gasteiger partial charge >= 0.3 is 0 Å². The van der Waals surface area contributed by atoms with Gasteiger partial charge in [-0.3, -0.25) is 0 Å². The Morgan fingerprint density at radius 1 is 1.33 bits per heavy atom. The molecule has 15 heavy (non-hydrogen) atoms. The second-order valence-corrected chi connectivity index (χ2v) is 3.92. The van der Waals surface area contributed by atoms with E-state index in [4.69, 9.17) is 11.6 Å². The summed E-state index contributed by atoms with van der Waals surface area (Å²) in [5, 5.41) is 5.21. The highest BCUT2D eigenvalue weighted by molar-refractivity contribution is 6.30. The zero-order valence-electron chi connectivity index (χ0n) is 8.65. The number of hydrogen-bond acceptors (Lipinski definition) is 1. The highest BCUT2D eigenvalue weighted by atomic mass is 35.5. The van der Waals surface area contributed by atoms with E-state index in [1.165, 1.54) is 0 Å². The molecule has 0 bridgehead atoms. The SMILES string of the molecule is CCCc1ccn(-c2cccc(Cl)c2)n1. The molecule has 0 fully saturated rings. The van der Waals surface area contributed by atoms with E-state index in [1.807, 2.05) is 41.2 Å². The Morgan fingerprint density at radius 3 is 2.93 bits per heavy atom. The average molecular weight is 221 g/mol. The van der Waals surface area contributed by atoms with Crippen LogP contribution in [-0.4, -0.2) is 9.78 Å². The van der Waals surface area contributed by atoms with Gasteiger partial charge in [-0.15, -0.1) is 0 Å². The second kappa shape index (κ2) is 4.49. The monoisotopic (exact) mass is 220 g/mol. The lowest BCUT2D eigenvalue weighted by atomic mass is 10.3. The summed E-state index contributed by atoms with van der Waals surface area (Å²) in [6.07, 6.45) is 4.11. The van der Waals surface area contributed by atoms with Crippen molar-refractivity contribution in [1.29, 1.82) is 0 Å². The molecule has 0 aliphatic rings. The zero-order valence-corrected chi connectivity index (χ0v) is 9.41. The predicted molar refractivity (Wildman–Crippen MR) is 62.6 cm³/mol. The van der Waals surface area contributed by atoms with Crippen LogP contribution in [0.25, 0.3) is 5.69 Å². The molecule has 2 nitrogen and oxygen atoms in total. The average Bonchev–Trinajstić information content (AvgIpc) is 2.67. The Labute approximate surface area is 94.5 Å². The van der Waals surface area contributed by atoms with E-state index in [-0.39, 0.29) is 0 Å². The summed E-state index contributed by atoms with van der Waals surface area (Å²) in [7, 11) is 0. The molecule has 2 rings (SSSR count). The predicted octanol–water partition coefficient (Wildman–Crippen LogP) is 3.48. The molecule has 0 amide bonds. The van der Waals surface area contributed by atoms with Gasteiger partial charge in [0.15, 0.2) is 0 Å². The molecular weight excluding hydrogens is 208 g/mol. The fraction of sp³-hybridized carbons (Fsp3) is 0.250. The van der Waals surface area contributed by atoms with Crippen molar-refractivity contribution in [2.75, 3.05) is 0 Å². The Morgan fingerprint density at radius 2 is 2.20 bits per heavy atom. The fourth-order valence-electron chi connectivity index (χ4n) is 1.51. The molecule has 2 aromatic rings. The number of halogens is 1. The van der Waals surface area contributed by atoms with Crippen molar-refractivity contribution in [2.24, 2.45) is 0 Å². The van der Waals surface area contributed by atoms with Gasteiger partial charge in [-0.05, 0) is 30.7 Å². The number of hydrogen-bond donors (Lipinski definition) is 0. The molecule has 0 aliphatic carbocycles. The van der Waals surface area contributed by atoms with Crippen LogP contribution in [0.15, 0.2) is 36.5 Å². The third-order valence-electron chi connectivity index (χ3n) is 2.22. The van der Waals surface area contributed by atoms with E-state index >= 15 is 0 Å². The molecule has 78 valence electrons. The third-order valence-corrected chi connectivity index (χ3v) is 2.46. The highest BCUT2D eigenvalue weighted by Gasteiger charge is 2.00. The summed E-state index contributed by atoms with van der Waals surface area (Å²) in [5.74, 6) is 0. The van der Waals surface area contributed by atoms with Gasteiger partial charge in [-0.25, -0.2) is 4.68 Å². The third kappa shape index (κ3) is 2.39. The van der Waals surface area contributed by atoms with Crippen LogP contribution in [0.3, 0.4) is 0 Å². The number of rotatable bonds is 3. The molecule has 0 atom stereocenters. The van der Waals surface area contributed by atoms with Gasteiger partial charge < -0.3 is 0 Å². The van der Waals surface area contributed by atoms with Crippen LogP contribution in [0.2, 0.25) is 5.02 Å². The van der Waals surface area contributed by atoms with E-state index in [0.29, 0.717) is 0 Å². The summed E-state index contributed by atoms with van der Waals surface area (Å²) >= 11 is 5.92. The standard InChI is InChI=1S/C12H13ClN2/c1-2-4-11-7-8-15(14-11)12-6-3-5-10(13)9-12/h3,5-9H,2,4H2,1H3. The lowest BCUT2D eigenvalue weighted by Crippen LogP contribution is -1.95. The first-order chi connectivity index (χ1) is 7.29. The zero-order chi connectivity index (χ0) is 10.7. The largest absolute Gasteiger partial charge is 0.241 e. The first-order valence-electron chi connectivity index (χ1n) is 5.10. The van der Waals surface area contributed by atoms with Crippen molar-refractivity contribution < 1.29 is 0 Å². The Balaban J connectivity index is 2.29. The molecule has 0 N–H and O–H groups in total. The van der Waals surface area contributed by atoms with Gasteiger partial charge in [-0.2, -0.15) is 5.10 Å². The summed E-state index contributed by atoms with van der Waals surface area (Å²) in [4.78, 5) is 0. The van der Waals surface area contributed by atoms with Crippen molar-refractivity contribution in [3.8, 4) is 5.69 Å². The van der Waals surface area contributed by atoms with Crippen LogP contribution in [0, 0.1) is 0 Å². The van der Waals surface area contributed by atoms with Crippen LogP contribution in [-0.2, 0) is 6.42 Å². The van der Waals surface area contributed by atoms with Gasteiger partial charge in [0, 0.05) is 11.2 Å². The number of nitrogens with zero attached hydrogens (tertiary/aromatic N) is 2. The number of aryl methyl sites for hydroxylation is 1. The lowest BCUT2D eigenvalue weighted by molar-refractivity contribution is 0.807. The number of aromatic nitrogens is 2. The van der Waals surface area contributed by atoms with E-state index in [2.05, 4.69) is 12.0 Å². The first-order valence-corrected chi connectivity index (χ1v) is 5.48. The van der Waals surface area contributed by atoms with Crippen molar-refractivity contribution in [3.63, 3.8) is 0 Å². The normalized spacial score (nSPS) is 10.5. The molecule has 1 heterocycles. The maximum absolute atomic E-state index is 5.92. The second-order valence-electron chi connectivity index (χ2n) is 3.48. The Bertz CT molecular complexity index is 448. The maximum atomic E-state index is 5.92. The van der Waals surface area contributed by atoms with E-state index in [1.54, 1.807) is 0 Å².